The number of hydrogen-bond acceptors (Lipinski definition) is 4. The SMILES string of the molecule is CC(C)c1nc(C(=O)N(C)CC(=O)N(C)C)n[nH]1. The second-order valence-corrected chi connectivity index (χ2v) is 4.65. The molecule has 1 N–H and O–H groups in total. The molecule has 2 amide bonds. The average Bonchev–Trinajstić information content (AvgIpc) is 2.76. The fraction of sp³-hybridized carbons (Fsp3) is 0.636. The summed E-state index contributed by atoms with van der Waals surface area (Å²) >= 11 is 0. The van der Waals surface area contributed by atoms with Crippen LogP contribution in [0.1, 0.15) is 36.2 Å². The van der Waals surface area contributed by atoms with E-state index >= 15 is 0 Å². The summed E-state index contributed by atoms with van der Waals surface area (Å²) < 4.78 is 0. The summed E-state index contributed by atoms with van der Waals surface area (Å²) in [5.41, 5.74) is 0. The summed E-state index contributed by atoms with van der Waals surface area (Å²) in [6.07, 6.45) is 0. The molecule has 1 heterocycles. The summed E-state index contributed by atoms with van der Waals surface area (Å²) in [5, 5.41) is 6.57. The van der Waals surface area contributed by atoms with Crippen molar-refractivity contribution in [2.75, 3.05) is 27.7 Å². The Morgan fingerprint density at radius 3 is 2.33 bits per heavy atom. The molecule has 0 fully saturated rings. The van der Waals surface area contributed by atoms with Crippen molar-refractivity contribution in [2.45, 2.75) is 19.8 Å². The van der Waals surface area contributed by atoms with Crippen LogP contribution in [-0.2, 0) is 4.79 Å². The van der Waals surface area contributed by atoms with Gasteiger partial charge in [-0.25, -0.2) is 4.98 Å². The summed E-state index contributed by atoms with van der Waals surface area (Å²) in [6.45, 7) is 3.92. The van der Waals surface area contributed by atoms with Gasteiger partial charge < -0.3 is 9.80 Å². The van der Waals surface area contributed by atoms with Crippen LogP contribution >= 0.6 is 0 Å². The van der Waals surface area contributed by atoms with Crippen molar-refractivity contribution in [3.05, 3.63) is 11.6 Å². The van der Waals surface area contributed by atoms with Gasteiger partial charge in [-0.2, -0.15) is 0 Å². The third-order valence-corrected chi connectivity index (χ3v) is 2.46. The van der Waals surface area contributed by atoms with Gasteiger partial charge in [0.05, 0.1) is 6.54 Å². The zero-order valence-electron chi connectivity index (χ0n) is 11.4. The second kappa shape index (κ2) is 5.61. The second-order valence-electron chi connectivity index (χ2n) is 4.65. The van der Waals surface area contributed by atoms with Crippen molar-refractivity contribution >= 4 is 11.8 Å². The molecule has 0 atom stereocenters. The molecule has 0 aliphatic carbocycles. The molecule has 0 saturated carbocycles. The molecule has 0 unspecified atom stereocenters. The van der Waals surface area contributed by atoms with E-state index in [0.717, 1.165) is 0 Å². The monoisotopic (exact) mass is 253 g/mol. The largest absolute Gasteiger partial charge is 0.347 e. The maximum Gasteiger partial charge on any atom is 0.293 e. The molecule has 1 aromatic rings. The Labute approximate surface area is 106 Å². The molecule has 7 heteroatoms. The van der Waals surface area contributed by atoms with Crippen LogP contribution in [0.2, 0.25) is 0 Å². The maximum atomic E-state index is 11.9. The lowest BCUT2D eigenvalue weighted by molar-refractivity contribution is -0.129. The van der Waals surface area contributed by atoms with Crippen molar-refractivity contribution in [2.24, 2.45) is 0 Å². The molecule has 0 aromatic carbocycles. The van der Waals surface area contributed by atoms with E-state index in [1.165, 1.54) is 9.80 Å². The van der Waals surface area contributed by atoms with E-state index < -0.39 is 0 Å². The summed E-state index contributed by atoms with van der Waals surface area (Å²) in [5.74, 6) is 0.407. The molecule has 1 aromatic heterocycles. The number of carbonyl (C=O) groups excluding carboxylic acids is 2. The van der Waals surface area contributed by atoms with Gasteiger partial charge in [0, 0.05) is 27.1 Å². The van der Waals surface area contributed by atoms with Gasteiger partial charge in [0.25, 0.3) is 5.91 Å². The Morgan fingerprint density at radius 1 is 1.28 bits per heavy atom. The van der Waals surface area contributed by atoms with Crippen molar-refractivity contribution in [3.8, 4) is 0 Å². The molecule has 0 spiro atoms. The van der Waals surface area contributed by atoms with Crippen LogP contribution in [0.3, 0.4) is 0 Å². The molecular weight excluding hydrogens is 234 g/mol. The van der Waals surface area contributed by atoms with Crippen molar-refractivity contribution in [1.29, 1.82) is 0 Å². The maximum absolute atomic E-state index is 11.9. The van der Waals surface area contributed by atoms with Gasteiger partial charge in [-0.1, -0.05) is 13.8 Å². The fourth-order valence-corrected chi connectivity index (χ4v) is 1.21. The smallest absolute Gasteiger partial charge is 0.293 e. The molecule has 18 heavy (non-hydrogen) atoms. The van der Waals surface area contributed by atoms with Gasteiger partial charge >= 0.3 is 0 Å². The molecule has 0 aliphatic heterocycles. The van der Waals surface area contributed by atoms with Gasteiger partial charge in [-0.05, 0) is 0 Å². The molecule has 0 aliphatic rings. The predicted molar refractivity (Wildman–Crippen MR) is 66.1 cm³/mol. The van der Waals surface area contributed by atoms with Crippen LogP contribution in [-0.4, -0.2) is 64.5 Å². The first kappa shape index (κ1) is 14.1. The third-order valence-electron chi connectivity index (χ3n) is 2.46. The Hall–Kier alpha value is -1.92. The lowest BCUT2D eigenvalue weighted by Gasteiger charge is -2.17. The highest BCUT2D eigenvalue weighted by Gasteiger charge is 2.20. The standard InChI is InChI=1S/C11H19N5O2/c1-7(2)9-12-10(14-13-9)11(18)16(5)6-8(17)15(3)4/h7H,6H2,1-5H3,(H,12,13,14). The Morgan fingerprint density at radius 2 is 1.89 bits per heavy atom. The summed E-state index contributed by atoms with van der Waals surface area (Å²) in [4.78, 5) is 30.3. The topological polar surface area (TPSA) is 82.2 Å². The first-order chi connectivity index (χ1) is 8.32. The third kappa shape index (κ3) is 3.28. The molecule has 1 rings (SSSR count). The highest BCUT2D eigenvalue weighted by molar-refractivity contribution is 5.93. The van der Waals surface area contributed by atoms with Crippen LogP contribution in [0.5, 0.6) is 0 Å². The average molecular weight is 253 g/mol. The summed E-state index contributed by atoms with van der Waals surface area (Å²) in [6, 6.07) is 0. The number of nitrogens with one attached hydrogen (secondary N) is 1. The van der Waals surface area contributed by atoms with Gasteiger partial charge in [-0.15, -0.1) is 5.10 Å². The van der Waals surface area contributed by atoms with E-state index in [1.807, 2.05) is 13.8 Å². The van der Waals surface area contributed by atoms with Gasteiger partial charge in [-0.3, -0.25) is 14.7 Å². The van der Waals surface area contributed by atoms with Crippen molar-refractivity contribution < 1.29 is 9.59 Å². The Balaban J connectivity index is 2.71. The van der Waals surface area contributed by atoms with Crippen LogP contribution < -0.4 is 0 Å². The normalized spacial score (nSPS) is 10.6. The van der Waals surface area contributed by atoms with Crippen LogP contribution in [0.15, 0.2) is 0 Å². The lowest BCUT2D eigenvalue weighted by Crippen LogP contribution is -2.38. The van der Waals surface area contributed by atoms with E-state index in [1.54, 1.807) is 21.1 Å². The van der Waals surface area contributed by atoms with Crippen LogP contribution in [0, 0.1) is 0 Å². The minimum atomic E-state index is -0.367. The quantitative estimate of drug-likeness (QED) is 0.824. The van der Waals surface area contributed by atoms with Gasteiger partial charge in [0.1, 0.15) is 5.82 Å². The van der Waals surface area contributed by atoms with E-state index in [2.05, 4.69) is 15.2 Å². The van der Waals surface area contributed by atoms with E-state index in [4.69, 9.17) is 0 Å². The number of carbonyl (C=O) groups is 2. The number of nitrogens with zero attached hydrogens (tertiary/aromatic N) is 4. The minimum absolute atomic E-state index is 0.0113. The van der Waals surface area contributed by atoms with Crippen LogP contribution in [0.4, 0.5) is 0 Å². The lowest BCUT2D eigenvalue weighted by atomic mass is 10.2. The highest BCUT2D eigenvalue weighted by Crippen LogP contribution is 2.08. The molecular formula is C11H19N5O2. The first-order valence-corrected chi connectivity index (χ1v) is 5.70. The Bertz CT molecular complexity index is 438. The van der Waals surface area contributed by atoms with E-state index in [0.29, 0.717) is 5.82 Å². The zero-order chi connectivity index (χ0) is 13.9. The van der Waals surface area contributed by atoms with Crippen molar-refractivity contribution in [3.63, 3.8) is 0 Å². The fourth-order valence-electron chi connectivity index (χ4n) is 1.21. The minimum Gasteiger partial charge on any atom is -0.347 e. The summed E-state index contributed by atoms with van der Waals surface area (Å²) in [7, 11) is 4.84. The highest BCUT2D eigenvalue weighted by atomic mass is 16.2. The Kier molecular flexibility index (Phi) is 4.41. The number of aromatic amines is 1. The predicted octanol–water partition coefficient (Wildman–Crippen LogP) is 0.0883. The number of aromatic nitrogens is 3. The van der Waals surface area contributed by atoms with Gasteiger partial charge in [0.2, 0.25) is 11.7 Å². The number of amides is 2. The van der Waals surface area contributed by atoms with Crippen molar-refractivity contribution in [1.82, 2.24) is 25.0 Å². The molecule has 100 valence electrons. The number of hydrogen-bond donors (Lipinski definition) is 1. The van der Waals surface area contributed by atoms with Crippen LogP contribution in [0.25, 0.3) is 0 Å². The van der Waals surface area contributed by atoms with E-state index in [9.17, 15) is 9.59 Å². The van der Waals surface area contributed by atoms with Gasteiger partial charge in [0.15, 0.2) is 0 Å². The molecule has 0 saturated heterocycles. The van der Waals surface area contributed by atoms with E-state index in [-0.39, 0.29) is 30.1 Å². The number of rotatable bonds is 4. The first-order valence-electron chi connectivity index (χ1n) is 5.70. The zero-order valence-corrected chi connectivity index (χ0v) is 11.4. The molecule has 0 radical (unpaired) electrons. The number of H-pyrrole nitrogens is 1. The molecule has 7 nitrogen and oxygen atoms in total. The molecule has 0 bridgehead atoms. The number of likely N-dealkylation sites (N-methyl/N-ethyl adjacent to an activating group) is 2.